The van der Waals surface area contributed by atoms with Crippen LogP contribution in [0.1, 0.15) is 24.0 Å². The predicted molar refractivity (Wildman–Crippen MR) is 75.2 cm³/mol. The number of hydrogen-bond acceptors (Lipinski definition) is 3. The summed E-state index contributed by atoms with van der Waals surface area (Å²) < 4.78 is 5.67. The van der Waals surface area contributed by atoms with Crippen LogP contribution in [0.15, 0.2) is 18.2 Å². The second-order valence-corrected chi connectivity index (χ2v) is 5.14. The molecule has 1 amide bonds. The number of amides is 1. The van der Waals surface area contributed by atoms with Crippen LogP contribution in [0.3, 0.4) is 0 Å². The molecular weight excluding hydrogens is 240 g/mol. The number of hydrogen-bond donors (Lipinski definition) is 2. The van der Waals surface area contributed by atoms with E-state index in [2.05, 4.69) is 5.32 Å². The van der Waals surface area contributed by atoms with Gasteiger partial charge in [0.1, 0.15) is 5.75 Å². The summed E-state index contributed by atoms with van der Waals surface area (Å²) in [5.74, 6) is 1.44. The largest absolute Gasteiger partial charge is 0.483 e. The summed E-state index contributed by atoms with van der Waals surface area (Å²) >= 11 is 0. The molecule has 4 nitrogen and oxygen atoms in total. The van der Waals surface area contributed by atoms with Crippen LogP contribution in [0.25, 0.3) is 0 Å². The minimum absolute atomic E-state index is 0.0474. The lowest BCUT2D eigenvalue weighted by molar-refractivity contribution is -0.123. The first kappa shape index (κ1) is 13.9. The molecule has 4 heteroatoms. The number of nitrogens with two attached hydrogens (primary N) is 1. The number of aryl methyl sites for hydroxylation is 1. The van der Waals surface area contributed by atoms with E-state index in [1.807, 2.05) is 25.1 Å². The van der Waals surface area contributed by atoms with Gasteiger partial charge in [-0.1, -0.05) is 18.2 Å². The molecule has 0 unspecified atom stereocenters. The normalized spacial score (nSPS) is 14.2. The molecule has 1 aromatic rings. The summed E-state index contributed by atoms with van der Waals surface area (Å²) in [6, 6.07) is 5.97. The molecule has 104 valence electrons. The third-order valence-corrected chi connectivity index (χ3v) is 3.34. The lowest BCUT2D eigenvalue weighted by Crippen LogP contribution is -2.30. The highest BCUT2D eigenvalue weighted by atomic mass is 16.5. The molecule has 0 saturated heterocycles. The van der Waals surface area contributed by atoms with Crippen molar-refractivity contribution >= 4 is 5.91 Å². The third kappa shape index (κ3) is 4.24. The van der Waals surface area contributed by atoms with E-state index in [1.54, 1.807) is 0 Å². The van der Waals surface area contributed by atoms with E-state index >= 15 is 0 Å². The van der Waals surface area contributed by atoms with Gasteiger partial charge in [0.15, 0.2) is 6.61 Å². The Labute approximate surface area is 114 Å². The van der Waals surface area contributed by atoms with E-state index in [-0.39, 0.29) is 12.5 Å². The molecule has 1 aromatic carbocycles. The van der Waals surface area contributed by atoms with Crippen LogP contribution >= 0.6 is 0 Å². The number of para-hydroxylation sites is 1. The van der Waals surface area contributed by atoms with E-state index in [4.69, 9.17) is 10.5 Å². The van der Waals surface area contributed by atoms with E-state index < -0.39 is 0 Å². The Bertz CT molecular complexity index is 442. The molecule has 1 aliphatic carbocycles. The molecule has 1 saturated carbocycles. The molecule has 2 rings (SSSR count). The zero-order valence-corrected chi connectivity index (χ0v) is 11.4. The maximum Gasteiger partial charge on any atom is 0.257 e. The first-order chi connectivity index (χ1) is 9.20. The van der Waals surface area contributed by atoms with Crippen LogP contribution in [-0.2, 0) is 11.2 Å². The molecule has 3 N–H and O–H groups in total. The summed E-state index contributed by atoms with van der Waals surface area (Å²) in [4.78, 5) is 11.7. The predicted octanol–water partition coefficient (Wildman–Crippen LogP) is 1.40. The van der Waals surface area contributed by atoms with Gasteiger partial charge in [-0.15, -0.1) is 0 Å². The lowest BCUT2D eigenvalue weighted by Gasteiger charge is -2.13. The van der Waals surface area contributed by atoms with Gasteiger partial charge in [-0.3, -0.25) is 4.79 Å². The first-order valence-electron chi connectivity index (χ1n) is 6.88. The molecule has 19 heavy (non-hydrogen) atoms. The minimum atomic E-state index is -0.0474. The summed E-state index contributed by atoms with van der Waals surface area (Å²) in [5, 5.41) is 2.90. The molecule has 0 bridgehead atoms. The Kier molecular flexibility index (Phi) is 4.80. The topological polar surface area (TPSA) is 64.3 Å². The molecule has 0 radical (unpaired) electrons. The molecule has 1 fully saturated rings. The van der Waals surface area contributed by atoms with E-state index in [9.17, 15) is 4.79 Å². The summed E-state index contributed by atoms with van der Waals surface area (Å²) in [7, 11) is 0. The third-order valence-electron chi connectivity index (χ3n) is 3.34. The molecule has 0 spiro atoms. The summed E-state index contributed by atoms with van der Waals surface area (Å²) in [6.45, 7) is 3.42. The Balaban J connectivity index is 1.88. The van der Waals surface area contributed by atoms with Gasteiger partial charge in [0, 0.05) is 6.54 Å². The van der Waals surface area contributed by atoms with Crippen molar-refractivity contribution in [3.05, 3.63) is 29.3 Å². The van der Waals surface area contributed by atoms with E-state index in [0.29, 0.717) is 12.5 Å². The molecule has 0 aromatic heterocycles. The average molecular weight is 262 g/mol. The quantitative estimate of drug-likeness (QED) is 0.780. The van der Waals surface area contributed by atoms with Crippen LogP contribution < -0.4 is 15.8 Å². The van der Waals surface area contributed by atoms with Crippen molar-refractivity contribution in [1.29, 1.82) is 0 Å². The highest BCUT2D eigenvalue weighted by molar-refractivity contribution is 5.77. The van der Waals surface area contributed by atoms with Gasteiger partial charge in [0.25, 0.3) is 5.91 Å². The van der Waals surface area contributed by atoms with Crippen molar-refractivity contribution in [3.63, 3.8) is 0 Å². The van der Waals surface area contributed by atoms with Crippen LogP contribution in [-0.4, -0.2) is 25.6 Å². The fourth-order valence-electron chi connectivity index (χ4n) is 2.04. The second kappa shape index (κ2) is 6.57. The maximum atomic E-state index is 11.7. The smallest absolute Gasteiger partial charge is 0.257 e. The van der Waals surface area contributed by atoms with Crippen LogP contribution in [0.2, 0.25) is 0 Å². The SMILES string of the molecule is Cc1cccc(CCN)c1OCC(=O)NCC1CC1. The fraction of sp³-hybridized carbons (Fsp3) is 0.533. The van der Waals surface area contributed by atoms with Gasteiger partial charge in [-0.25, -0.2) is 0 Å². The molecule has 0 heterocycles. The van der Waals surface area contributed by atoms with E-state index in [1.165, 1.54) is 12.8 Å². The van der Waals surface area contributed by atoms with Gasteiger partial charge < -0.3 is 15.8 Å². The average Bonchev–Trinajstić information content (AvgIpc) is 3.20. The highest BCUT2D eigenvalue weighted by Crippen LogP contribution is 2.27. The van der Waals surface area contributed by atoms with Gasteiger partial charge in [-0.05, 0) is 49.8 Å². The lowest BCUT2D eigenvalue weighted by atomic mass is 10.1. The van der Waals surface area contributed by atoms with Crippen molar-refractivity contribution in [2.24, 2.45) is 11.7 Å². The van der Waals surface area contributed by atoms with Crippen molar-refractivity contribution in [2.75, 3.05) is 19.7 Å². The van der Waals surface area contributed by atoms with Crippen molar-refractivity contribution in [1.82, 2.24) is 5.32 Å². The molecular formula is C15H22N2O2. The van der Waals surface area contributed by atoms with Crippen LogP contribution in [0.5, 0.6) is 5.75 Å². The molecule has 0 aliphatic heterocycles. The highest BCUT2D eigenvalue weighted by Gasteiger charge is 2.21. The standard InChI is InChI=1S/C15H22N2O2/c1-11-3-2-4-13(7-8-16)15(11)19-10-14(18)17-9-12-5-6-12/h2-4,12H,5-10,16H2,1H3,(H,17,18). The van der Waals surface area contributed by atoms with Gasteiger partial charge in [0.05, 0.1) is 0 Å². The zero-order chi connectivity index (χ0) is 13.7. The van der Waals surface area contributed by atoms with Gasteiger partial charge in [-0.2, -0.15) is 0 Å². The number of rotatable bonds is 7. The zero-order valence-electron chi connectivity index (χ0n) is 11.4. The van der Waals surface area contributed by atoms with Crippen molar-refractivity contribution in [3.8, 4) is 5.75 Å². The number of carbonyl (C=O) groups excluding carboxylic acids is 1. The second-order valence-electron chi connectivity index (χ2n) is 5.14. The number of nitrogens with one attached hydrogen (secondary N) is 1. The van der Waals surface area contributed by atoms with Gasteiger partial charge >= 0.3 is 0 Å². The van der Waals surface area contributed by atoms with Gasteiger partial charge in [0.2, 0.25) is 0 Å². The fourth-order valence-corrected chi connectivity index (χ4v) is 2.04. The van der Waals surface area contributed by atoms with Crippen LogP contribution in [0, 0.1) is 12.8 Å². The number of benzene rings is 1. The Hall–Kier alpha value is -1.55. The number of ether oxygens (including phenoxy) is 1. The Morgan fingerprint density at radius 2 is 2.26 bits per heavy atom. The summed E-state index contributed by atoms with van der Waals surface area (Å²) in [6.07, 6.45) is 3.24. The first-order valence-corrected chi connectivity index (χ1v) is 6.88. The van der Waals surface area contributed by atoms with E-state index in [0.717, 1.165) is 29.8 Å². The molecule has 0 atom stereocenters. The number of carbonyl (C=O) groups is 1. The Morgan fingerprint density at radius 3 is 2.95 bits per heavy atom. The monoisotopic (exact) mass is 262 g/mol. The maximum absolute atomic E-state index is 11.7. The summed E-state index contributed by atoms with van der Waals surface area (Å²) in [5.41, 5.74) is 7.70. The minimum Gasteiger partial charge on any atom is -0.483 e. The Morgan fingerprint density at radius 1 is 1.47 bits per heavy atom. The van der Waals surface area contributed by atoms with Crippen molar-refractivity contribution in [2.45, 2.75) is 26.2 Å². The molecule has 1 aliphatic rings. The van der Waals surface area contributed by atoms with Crippen LogP contribution in [0.4, 0.5) is 0 Å². The van der Waals surface area contributed by atoms with Crippen molar-refractivity contribution < 1.29 is 9.53 Å².